The average Bonchev–Trinajstić information content (AvgIpc) is 3.11. The number of allylic oxidation sites excluding steroid dienone is 1. The lowest BCUT2D eigenvalue weighted by Crippen LogP contribution is -2.36. The molecule has 0 saturated carbocycles. The fourth-order valence-electron chi connectivity index (χ4n) is 3.38. The number of carbonyl (C=O) groups excluding carboxylic acids is 3. The van der Waals surface area contributed by atoms with Crippen molar-refractivity contribution in [2.75, 3.05) is 13.7 Å². The van der Waals surface area contributed by atoms with E-state index in [0.29, 0.717) is 24.0 Å². The van der Waals surface area contributed by atoms with Gasteiger partial charge >= 0.3 is 17.9 Å². The molecule has 142 valence electrons. The maximum Gasteiger partial charge on any atom is 0.337 e. The molecule has 0 unspecified atom stereocenters. The highest BCUT2D eigenvalue weighted by Gasteiger charge is 2.44. The number of hydrogen-bond donors (Lipinski definition) is 1. The predicted molar refractivity (Wildman–Crippen MR) is 95.0 cm³/mol. The van der Waals surface area contributed by atoms with Gasteiger partial charge in [-0.15, -0.1) is 0 Å². The van der Waals surface area contributed by atoms with Crippen molar-refractivity contribution in [2.24, 2.45) is 17.6 Å². The molecule has 0 saturated heterocycles. The number of fused-ring (bicyclic) bond motifs is 1. The quantitative estimate of drug-likeness (QED) is 0.456. The first-order chi connectivity index (χ1) is 13.0. The maximum absolute atomic E-state index is 12.2. The van der Waals surface area contributed by atoms with E-state index in [1.54, 1.807) is 6.08 Å². The van der Waals surface area contributed by atoms with Crippen LogP contribution >= 0.6 is 0 Å². The van der Waals surface area contributed by atoms with E-state index < -0.39 is 29.9 Å². The molecule has 3 atom stereocenters. The summed E-state index contributed by atoms with van der Waals surface area (Å²) in [4.78, 5) is 36.2. The van der Waals surface area contributed by atoms with Crippen LogP contribution < -0.4 is 5.73 Å². The number of carbonyl (C=O) groups is 3. The summed E-state index contributed by atoms with van der Waals surface area (Å²) in [6.45, 7) is -0.0635. The largest absolute Gasteiger partial charge is 0.466 e. The van der Waals surface area contributed by atoms with Crippen LogP contribution in [0.25, 0.3) is 0 Å². The van der Waals surface area contributed by atoms with Crippen LogP contribution in [-0.4, -0.2) is 37.7 Å². The minimum atomic E-state index is -0.797. The van der Waals surface area contributed by atoms with E-state index in [1.807, 2.05) is 30.3 Å². The van der Waals surface area contributed by atoms with Crippen LogP contribution in [0.3, 0.4) is 0 Å². The van der Waals surface area contributed by atoms with Gasteiger partial charge in [0.15, 0.2) is 0 Å². The van der Waals surface area contributed by atoms with Crippen LogP contribution in [0.15, 0.2) is 53.8 Å². The van der Waals surface area contributed by atoms with E-state index in [9.17, 15) is 14.4 Å². The second kappa shape index (κ2) is 8.18. The number of rotatable bonds is 6. The molecule has 3 rings (SSSR count). The number of ether oxygens (including phenoxy) is 3. The molecule has 1 aromatic rings. The van der Waals surface area contributed by atoms with Crippen LogP contribution in [0.2, 0.25) is 0 Å². The van der Waals surface area contributed by atoms with Gasteiger partial charge < -0.3 is 19.9 Å². The smallest absolute Gasteiger partial charge is 0.337 e. The van der Waals surface area contributed by atoms with Gasteiger partial charge in [0.05, 0.1) is 18.6 Å². The number of benzene rings is 1. The number of cyclic esters (lactones) is 1. The highest BCUT2D eigenvalue weighted by atomic mass is 16.5. The predicted octanol–water partition coefficient (Wildman–Crippen LogP) is 1.28. The van der Waals surface area contributed by atoms with Crippen LogP contribution in [0.1, 0.15) is 12.0 Å². The van der Waals surface area contributed by atoms with E-state index in [-0.39, 0.29) is 12.5 Å². The summed E-state index contributed by atoms with van der Waals surface area (Å²) in [7, 11) is 1.27. The molecule has 1 aliphatic carbocycles. The molecule has 7 nitrogen and oxygen atoms in total. The Morgan fingerprint density at radius 3 is 2.74 bits per heavy atom. The lowest BCUT2D eigenvalue weighted by molar-refractivity contribution is -0.149. The van der Waals surface area contributed by atoms with E-state index >= 15 is 0 Å². The van der Waals surface area contributed by atoms with Gasteiger partial charge in [-0.25, -0.2) is 4.79 Å². The van der Waals surface area contributed by atoms with E-state index in [1.165, 1.54) is 7.11 Å². The minimum Gasteiger partial charge on any atom is -0.466 e. The summed E-state index contributed by atoms with van der Waals surface area (Å²) < 4.78 is 15.0. The number of nitrogens with two attached hydrogens (primary N) is 1. The van der Waals surface area contributed by atoms with Gasteiger partial charge in [-0.05, 0) is 24.0 Å². The maximum atomic E-state index is 12.2. The number of esters is 3. The molecule has 0 spiro atoms. The Hall–Kier alpha value is -2.93. The van der Waals surface area contributed by atoms with E-state index in [2.05, 4.69) is 0 Å². The fourth-order valence-corrected chi connectivity index (χ4v) is 3.38. The first kappa shape index (κ1) is 18.8. The molecule has 0 radical (unpaired) electrons. The first-order valence-electron chi connectivity index (χ1n) is 8.65. The molecule has 27 heavy (non-hydrogen) atoms. The van der Waals surface area contributed by atoms with Crippen LogP contribution in [0, 0.1) is 11.8 Å². The van der Waals surface area contributed by atoms with Crippen molar-refractivity contribution in [2.45, 2.75) is 18.9 Å². The van der Waals surface area contributed by atoms with Crippen molar-refractivity contribution in [3.63, 3.8) is 0 Å². The first-order valence-corrected chi connectivity index (χ1v) is 8.65. The third-order valence-electron chi connectivity index (χ3n) is 4.79. The third kappa shape index (κ3) is 4.09. The summed E-state index contributed by atoms with van der Waals surface area (Å²) in [5.41, 5.74) is 7.77. The Balaban J connectivity index is 1.59. The molecule has 0 aromatic heterocycles. The van der Waals surface area contributed by atoms with Crippen molar-refractivity contribution >= 4 is 17.9 Å². The van der Waals surface area contributed by atoms with Gasteiger partial charge in [0, 0.05) is 5.92 Å². The molecular weight excluding hydrogens is 350 g/mol. The summed E-state index contributed by atoms with van der Waals surface area (Å²) in [5, 5.41) is 0. The van der Waals surface area contributed by atoms with Crippen molar-refractivity contribution in [1.82, 2.24) is 0 Å². The van der Waals surface area contributed by atoms with Gasteiger partial charge in [0.2, 0.25) is 0 Å². The fraction of sp³-hybridized carbons (Fsp3) is 0.350. The van der Waals surface area contributed by atoms with Gasteiger partial charge in [-0.3, -0.25) is 9.59 Å². The second-order valence-electron chi connectivity index (χ2n) is 6.50. The normalized spacial score (nSPS) is 22.1. The van der Waals surface area contributed by atoms with Gasteiger partial charge in [0.1, 0.15) is 18.9 Å². The zero-order valence-electron chi connectivity index (χ0n) is 14.9. The molecule has 7 heteroatoms. The molecule has 2 aliphatic rings. The van der Waals surface area contributed by atoms with Gasteiger partial charge in [-0.1, -0.05) is 36.4 Å². The molecule has 1 aliphatic heterocycles. The van der Waals surface area contributed by atoms with E-state index in [0.717, 1.165) is 11.8 Å². The van der Waals surface area contributed by atoms with Crippen LogP contribution in [0.4, 0.5) is 0 Å². The molecule has 0 amide bonds. The lowest BCUT2D eigenvalue weighted by atomic mass is 9.84. The Labute approximate surface area is 156 Å². The average molecular weight is 371 g/mol. The van der Waals surface area contributed by atoms with Crippen molar-refractivity contribution in [3.8, 4) is 0 Å². The van der Waals surface area contributed by atoms with Gasteiger partial charge in [0.25, 0.3) is 0 Å². The molecule has 0 bridgehead atoms. The number of methoxy groups -OCH3 is 1. The summed E-state index contributed by atoms with van der Waals surface area (Å²) in [6.07, 6.45) is 3.79. The lowest BCUT2D eigenvalue weighted by Gasteiger charge is -2.26. The van der Waals surface area contributed by atoms with Crippen LogP contribution in [-0.2, 0) is 35.0 Å². The highest BCUT2D eigenvalue weighted by Crippen LogP contribution is 2.40. The minimum absolute atomic E-state index is 0.0635. The Bertz CT molecular complexity index is 798. The van der Waals surface area contributed by atoms with Crippen molar-refractivity contribution < 1.29 is 28.6 Å². The monoisotopic (exact) mass is 371 g/mol. The Morgan fingerprint density at radius 2 is 2.04 bits per heavy atom. The zero-order chi connectivity index (χ0) is 19.4. The molecular formula is C20H21NO6. The molecule has 0 fully saturated rings. The zero-order valence-corrected chi connectivity index (χ0v) is 14.9. The topological polar surface area (TPSA) is 105 Å². The standard InChI is InChI=1S/C20H21NO6/c1-25-18(22)15-11-27-20(24)17-13(7-8-14(15)17)10-26-19(23)16(21)9-12-5-3-2-4-6-12/h2-7,11,14,16-17H,8-10,21H2,1H3/t14-,16+,17-/m1/s1. The number of hydrogen-bond acceptors (Lipinski definition) is 7. The SMILES string of the molecule is COC(=O)C1=COC(=O)[C@@H]2C(COC(=O)[C@@H](N)Cc3ccccc3)=CC[C@H]12. The van der Waals surface area contributed by atoms with Crippen molar-refractivity contribution in [3.05, 3.63) is 59.4 Å². The molecule has 2 N–H and O–H groups in total. The summed E-state index contributed by atoms with van der Waals surface area (Å²) >= 11 is 0. The Kier molecular flexibility index (Phi) is 5.71. The van der Waals surface area contributed by atoms with Crippen LogP contribution in [0.5, 0.6) is 0 Å². The molecule has 1 aromatic carbocycles. The summed E-state index contributed by atoms with van der Waals surface area (Å²) in [6, 6.07) is 8.60. The van der Waals surface area contributed by atoms with Gasteiger partial charge in [-0.2, -0.15) is 0 Å². The third-order valence-corrected chi connectivity index (χ3v) is 4.79. The van der Waals surface area contributed by atoms with E-state index in [4.69, 9.17) is 19.9 Å². The molecule has 1 heterocycles. The highest BCUT2D eigenvalue weighted by molar-refractivity contribution is 5.93. The summed E-state index contributed by atoms with van der Waals surface area (Å²) in [5.74, 6) is -2.56. The Morgan fingerprint density at radius 1 is 1.30 bits per heavy atom. The van der Waals surface area contributed by atoms with Crippen molar-refractivity contribution in [1.29, 1.82) is 0 Å². The second-order valence-corrected chi connectivity index (χ2v) is 6.50.